The number of rotatable bonds is 16. The van der Waals surface area contributed by atoms with Gasteiger partial charge in [0.25, 0.3) is 0 Å². The molecule has 0 N–H and O–H groups in total. The largest absolute Gasteiger partial charge is 0.496 e. The van der Waals surface area contributed by atoms with E-state index >= 15 is 0 Å². The standard InChI is InChI=1S/C37H53O7P/c1-26-20-28(36(3,4)5)34(43-24-41-18-16-38-9)32(22-26)45(31-15-13-12-14-30(31)40-11)33-23-27(2)21-29(37(6,7)8)35(33)44-25-42-19-17-39-10/h12-15,20-23H,16-19,24-25H2,1-11H3. The van der Waals surface area contributed by atoms with Crippen LogP contribution < -0.4 is 30.1 Å². The number of ether oxygens (including phenoxy) is 7. The van der Waals surface area contributed by atoms with Gasteiger partial charge in [-0.1, -0.05) is 71.9 Å². The first-order valence-electron chi connectivity index (χ1n) is 15.5. The zero-order chi connectivity index (χ0) is 33.2. The second kappa shape index (κ2) is 16.8. The lowest BCUT2D eigenvalue weighted by Crippen LogP contribution is -2.30. The van der Waals surface area contributed by atoms with Crippen LogP contribution >= 0.6 is 7.92 Å². The minimum atomic E-state index is -1.26. The monoisotopic (exact) mass is 640 g/mol. The average Bonchev–Trinajstić information content (AvgIpc) is 2.97. The minimum absolute atomic E-state index is 0.107. The van der Waals surface area contributed by atoms with Gasteiger partial charge in [-0.2, -0.15) is 0 Å². The quantitative estimate of drug-likeness (QED) is 0.0986. The smallest absolute Gasteiger partial charge is 0.189 e. The highest BCUT2D eigenvalue weighted by atomic mass is 31.1. The molecular formula is C37H53O7P. The Hall–Kier alpha value is -2.67. The van der Waals surface area contributed by atoms with Crippen LogP contribution in [-0.2, 0) is 29.8 Å². The second-order valence-electron chi connectivity index (χ2n) is 13.2. The molecule has 0 aliphatic rings. The zero-order valence-corrected chi connectivity index (χ0v) is 30.1. The molecule has 0 radical (unpaired) electrons. The van der Waals surface area contributed by atoms with Crippen molar-refractivity contribution in [2.45, 2.75) is 66.2 Å². The van der Waals surface area contributed by atoms with Gasteiger partial charge in [-0.15, -0.1) is 0 Å². The SMILES string of the molecule is COCCOCOc1c(P(c2ccccc2OC)c2cc(C)cc(C(C)(C)C)c2OCOCCOC)cc(C)cc1C(C)(C)C. The molecule has 0 aliphatic heterocycles. The summed E-state index contributed by atoms with van der Waals surface area (Å²) >= 11 is 0. The van der Waals surface area contributed by atoms with E-state index in [0.717, 1.165) is 55.4 Å². The molecule has 0 unspecified atom stereocenters. The van der Waals surface area contributed by atoms with Crippen molar-refractivity contribution in [3.63, 3.8) is 0 Å². The molecule has 3 aromatic rings. The van der Waals surface area contributed by atoms with Crippen molar-refractivity contribution in [3.8, 4) is 17.2 Å². The summed E-state index contributed by atoms with van der Waals surface area (Å²) in [4.78, 5) is 0. The number of hydrogen-bond donors (Lipinski definition) is 0. The minimum Gasteiger partial charge on any atom is -0.496 e. The molecule has 0 aromatic heterocycles. The number of benzene rings is 3. The first-order valence-corrected chi connectivity index (χ1v) is 16.8. The fourth-order valence-corrected chi connectivity index (χ4v) is 7.91. The Kier molecular flexibility index (Phi) is 13.7. The van der Waals surface area contributed by atoms with E-state index in [4.69, 9.17) is 33.2 Å². The predicted molar refractivity (Wildman–Crippen MR) is 185 cm³/mol. The van der Waals surface area contributed by atoms with Crippen LogP contribution in [0.1, 0.15) is 63.8 Å². The fourth-order valence-electron chi connectivity index (χ4n) is 5.07. The van der Waals surface area contributed by atoms with Crippen molar-refractivity contribution < 1.29 is 33.2 Å². The van der Waals surface area contributed by atoms with Crippen LogP contribution in [-0.4, -0.2) is 61.3 Å². The van der Waals surface area contributed by atoms with Gasteiger partial charge >= 0.3 is 0 Å². The van der Waals surface area contributed by atoms with Crippen LogP contribution in [0.3, 0.4) is 0 Å². The Bertz CT molecular complexity index is 1290. The maximum absolute atomic E-state index is 6.61. The number of methoxy groups -OCH3 is 3. The number of para-hydroxylation sites is 1. The highest BCUT2D eigenvalue weighted by molar-refractivity contribution is 7.80. The average molecular weight is 641 g/mol. The van der Waals surface area contributed by atoms with Crippen molar-refractivity contribution in [1.29, 1.82) is 0 Å². The Morgan fingerprint density at radius 1 is 0.578 bits per heavy atom. The molecule has 0 saturated heterocycles. The molecule has 3 rings (SSSR count). The molecule has 0 amide bonds. The second-order valence-corrected chi connectivity index (χ2v) is 15.3. The summed E-state index contributed by atoms with van der Waals surface area (Å²) < 4.78 is 41.3. The first kappa shape index (κ1) is 36.8. The van der Waals surface area contributed by atoms with E-state index in [2.05, 4.69) is 91.8 Å². The third kappa shape index (κ3) is 9.91. The van der Waals surface area contributed by atoms with Crippen LogP contribution in [0, 0.1) is 13.8 Å². The first-order chi connectivity index (χ1) is 21.3. The van der Waals surface area contributed by atoms with E-state index in [1.807, 2.05) is 12.1 Å². The van der Waals surface area contributed by atoms with Crippen LogP contribution in [0.4, 0.5) is 0 Å². The van der Waals surface area contributed by atoms with Crippen LogP contribution in [0.2, 0.25) is 0 Å². The van der Waals surface area contributed by atoms with Gasteiger partial charge in [0.05, 0.1) is 33.5 Å². The number of hydrogen-bond acceptors (Lipinski definition) is 7. The molecule has 7 nitrogen and oxygen atoms in total. The Balaban J connectivity index is 2.39. The molecule has 0 bridgehead atoms. The predicted octanol–water partition coefficient (Wildman–Crippen LogP) is 6.66. The van der Waals surface area contributed by atoms with Gasteiger partial charge in [0.15, 0.2) is 13.6 Å². The molecular weight excluding hydrogens is 587 g/mol. The maximum Gasteiger partial charge on any atom is 0.189 e. The molecule has 248 valence electrons. The summed E-state index contributed by atoms with van der Waals surface area (Å²) in [5.74, 6) is 2.46. The molecule has 0 saturated carbocycles. The van der Waals surface area contributed by atoms with Crippen molar-refractivity contribution in [1.82, 2.24) is 0 Å². The fraction of sp³-hybridized carbons (Fsp3) is 0.514. The topological polar surface area (TPSA) is 64.6 Å². The lowest BCUT2D eigenvalue weighted by atomic mass is 9.85. The summed E-state index contributed by atoms with van der Waals surface area (Å²) in [7, 11) is 3.79. The highest BCUT2D eigenvalue weighted by Crippen LogP contribution is 2.47. The van der Waals surface area contributed by atoms with Crippen molar-refractivity contribution in [3.05, 3.63) is 70.8 Å². The molecule has 3 aromatic carbocycles. The molecule has 0 fully saturated rings. The Morgan fingerprint density at radius 2 is 1.02 bits per heavy atom. The Morgan fingerprint density at radius 3 is 1.42 bits per heavy atom. The molecule has 0 atom stereocenters. The molecule has 0 spiro atoms. The molecule has 45 heavy (non-hydrogen) atoms. The van der Waals surface area contributed by atoms with Crippen LogP contribution in [0.5, 0.6) is 17.2 Å². The van der Waals surface area contributed by atoms with E-state index in [1.54, 1.807) is 21.3 Å². The highest BCUT2D eigenvalue weighted by Gasteiger charge is 2.33. The summed E-state index contributed by atoms with van der Waals surface area (Å²) in [5.41, 5.74) is 4.15. The van der Waals surface area contributed by atoms with Gasteiger partial charge in [0.2, 0.25) is 0 Å². The van der Waals surface area contributed by atoms with E-state index in [-0.39, 0.29) is 24.4 Å². The Labute approximate surface area is 272 Å². The van der Waals surface area contributed by atoms with Crippen molar-refractivity contribution >= 4 is 23.8 Å². The van der Waals surface area contributed by atoms with E-state index in [0.29, 0.717) is 26.4 Å². The lowest BCUT2D eigenvalue weighted by Gasteiger charge is -2.32. The third-order valence-corrected chi connectivity index (χ3v) is 9.77. The zero-order valence-electron chi connectivity index (χ0n) is 29.2. The number of aryl methyl sites for hydroxylation is 2. The maximum atomic E-state index is 6.61. The van der Waals surface area contributed by atoms with Gasteiger partial charge in [0.1, 0.15) is 17.2 Å². The summed E-state index contributed by atoms with van der Waals surface area (Å²) in [6.45, 7) is 19.7. The summed E-state index contributed by atoms with van der Waals surface area (Å²) in [6.07, 6.45) is 0. The van der Waals surface area contributed by atoms with Crippen molar-refractivity contribution in [2.24, 2.45) is 0 Å². The van der Waals surface area contributed by atoms with E-state index in [9.17, 15) is 0 Å². The van der Waals surface area contributed by atoms with Gasteiger partial charge in [-0.3, -0.25) is 0 Å². The molecule has 0 aliphatic carbocycles. The summed E-state index contributed by atoms with van der Waals surface area (Å²) in [6, 6.07) is 17.2. The van der Waals surface area contributed by atoms with Crippen LogP contribution in [0.25, 0.3) is 0 Å². The van der Waals surface area contributed by atoms with Crippen LogP contribution in [0.15, 0.2) is 48.5 Å². The van der Waals surface area contributed by atoms with Gasteiger partial charge in [-0.05, 0) is 61.9 Å². The van der Waals surface area contributed by atoms with Crippen molar-refractivity contribution in [2.75, 3.05) is 61.3 Å². The lowest BCUT2D eigenvalue weighted by molar-refractivity contribution is -0.00871. The van der Waals surface area contributed by atoms with E-state index in [1.165, 1.54) is 0 Å². The van der Waals surface area contributed by atoms with Gasteiger partial charge < -0.3 is 33.2 Å². The normalized spacial score (nSPS) is 12.1. The molecule has 8 heteroatoms. The van der Waals surface area contributed by atoms with Gasteiger partial charge in [-0.25, -0.2) is 0 Å². The third-order valence-electron chi connectivity index (χ3n) is 7.29. The van der Waals surface area contributed by atoms with E-state index < -0.39 is 7.92 Å². The molecule has 0 heterocycles. The summed E-state index contributed by atoms with van der Waals surface area (Å²) in [5, 5.41) is 3.22. The van der Waals surface area contributed by atoms with Gasteiger partial charge in [0, 0.05) is 41.3 Å².